The van der Waals surface area contributed by atoms with Gasteiger partial charge < -0.3 is 9.32 Å². The van der Waals surface area contributed by atoms with Gasteiger partial charge in [-0.25, -0.2) is 8.42 Å². The van der Waals surface area contributed by atoms with E-state index in [9.17, 15) is 13.2 Å². The summed E-state index contributed by atoms with van der Waals surface area (Å²) in [6.45, 7) is 1.76. The third kappa shape index (κ3) is 2.44. The van der Waals surface area contributed by atoms with E-state index in [4.69, 9.17) is 4.42 Å². The molecule has 0 N–H and O–H groups in total. The lowest BCUT2D eigenvalue weighted by atomic mass is 10.1. The molecule has 1 fully saturated rings. The molecule has 1 aliphatic heterocycles. The van der Waals surface area contributed by atoms with Crippen LogP contribution in [-0.2, 0) is 9.84 Å². The SMILES string of the molecule is Cc1oc2ccccc2c1C(=O)N(C)C1CCS(=O)(=O)C1. The highest BCUT2D eigenvalue weighted by molar-refractivity contribution is 7.91. The van der Waals surface area contributed by atoms with Gasteiger partial charge in [-0.2, -0.15) is 0 Å². The Morgan fingerprint density at radius 1 is 1.33 bits per heavy atom. The number of carbonyl (C=O) groups excluding carboxylic acids is 1. The van der Waals surface area contributed by atoms with E-state index in [1.807, 2.05) is 24.3 Å². The molecule has 0 spiro atoms. The maximum absolute atomic E-state index is 12.7. The third-order valence-electron chi connectivity index (χ3n) is 4.06. The highest BCUT2D eigenvalue weighted by atomic mass is 32.2. The van der Waals surface area contributed by atoms with E-state index in [1.165, 1.54) is 4.90 Å². The van der Waals surface area contributed by atoms with Crippen molar-refractivity contribution in [3.8, 4) is 0 Å². The molecule has 2 heterocycles. The Labute approximate surface area is 123 Å². The zero-order chi connectivity index (χ0) is 15.2. The van der Waals surface area contributed by atoms with Crippen LogP contribution in [0.2, 0.25) is 0 Å². The Morgan fingerprint density at radius 3 is 2.71 bits per heavy atom. The van der Waals surface area contributed by atoms with E-state index >= 15 is 0 Å². The number of rotatable bonds is 2. The molecule has 3 rings (SSSR count). The zero-order valence-electron chi connectivity index (χ0n) is 12.0. The summed E-state index contributed by atoms with van der Waals surface area (Å²) in [7, 11) is -1.35. The Kier molecular flexibility index (Phi) is 3.28. The summed E-state index contributed by atoms with van der Waals surface area (Å²) in [5.41, 5.74) is 1.20. The monoisotopic (exact) mass is 307 g/mol. The molecule has 6 heteroatoms. The molecule has 0 bridgehead atoms. The second-order valence-corrected chi connectivity index (χ2v) is 7.73. The molecule has 2 aromatic rings. The fourth-order valence-electron chi connectivity index (χ4n) is 2.86. The van der Waals surface area contributed by atoms with Crippen molar-refractivity contribution in [3.05, 3.63) is 35.6 Å². The second-order valence-electron chi connectivity index (χ2n) is 5.50. The van der Waals surface area contributed by atoms with Crippen LogP contribution in [0.1, 0.15) is 22.5 Å². The highest BCUT2D eigenvalue weighted by Crippen LogP contribution is 2.28. The van der Waals surface area contributed by atoms with Gasteiger partial charge in [-0.15, -0.1) is 0 Å². The van der Waals surface area contributed by atoms with Crippen molar-refractivity contribution in [2.24, 2.45) is 0 Å². The van der Waals surface area contributed by atoms with E-state index in [-0.39, 0.29) is 23.5 Å². The van der Waals surface area contributed by atoms with Gasteiger partial charge in [0.25, 0.3) is 5.91 Å². The van der Waals surface area contributed by atoms with Gasteiger partial charge in [0.2, 0.25) is 0 Å². The summed E-state index contributed by atoms with van der Waals surface area (Å²) in [5, 5.41) is 0.771. The Hall–Kier alpha value is -1.82. The Morgan fingerprint density at radius 2 is 2.05 bits per heavy atom. The van der Waals surface area contributed by atoms with Crippen LogP contribution in [-0.4, -0.2) is 43.8 Å². The largest absolute Gasteiger partial charge is 0.461 e. The molecule has 1 aliphatic rings. The fourth-order valence-corrected chi connectivity index (χ4v) is 4.63. The summed E-state index contributed by atoms with van der Waals surface area (Å²) in [6.07, 6.45) is 0.499. The summed E-state index contributed by atoms with van der Waals surface area (Å²) < 4.78 is 28.8. The van der Waals surface area contributed by atoms with Crippen molar-refractivity contribution in [3.63, 3.8) is 0 Å². The minimum atomic E-state index is -3.01. The minimum absolute atomic E-state index is 0.0457. The molecule has 1 saturated heterocycles. The molecule has 5 nitrogen and oxygen atoms in total. The number of carbonyl (C=O) groups is 1. The van der Waals surface area contributed by atoms with Gasteiger partial charge in [0.1, 0.15) is 11.3 Å². The van der Waals surface area contributed by atoms with Crippen LogP contribution in [0.15, 0.2) is 28.7 Å². The molecule has 1 amide bonds. The van der Waals surface area contributed by atoms with E-state index in [0.29, 0.717) is 23.3 Å². The smallest absolute Gasteiger partial charge is 0.258 e. The number of nitrogens with zero attached hydrogens (tertiary/aromatic N) is 1. The van der Waals surface area contributed by atoms with Gasteiger partial charge in [-0.05, 0) is 19.4 Å². The van der Waals surface area contributed by atoms with Crippen LogP contribution in [0.4, 0.5) is 0 Å². The first-order valence-electron chi connectivity index (χ1n) is 6.85. The summed E-state index contributed by atoms with van der Waals surface area (Å²) in [4.78, 5) is 14.2. The molecule has 112 valence electrons. The predicted octanol–water partition coefficient (Wildman–Crippen LogP) is 2.00. The maximum Gasteiger partial charge on any atom is 0.258 e. The van der Waals surface area contributed by atoms with Crippen LogP contribution in [0.5, 0.6) is 0 Å². The van der Waals surface area contributed by atoms with Gasteiger partial charge >= 0.3 is 0 Å². The first kappa shape index (κ1) is 14.1. The minimum Gasteiger partial charge on any atom is -0.461 e. The average molecular weight is 307 g/mol. The quantitative estimate of drug-likeness (QED) is 0.851. The molecule has 1 aromatic carbocycles. The predicted molar refractivity (Wildman–Crippen MR) is 80.1 cm³/mol. The molecule has 1 atom stereocenters. The molecular formula is C15H17NO4S. The summed E-state index contributed by atoms with van der Waals surface area (Å²) >= 11 is 0. The molecule has 0 radical (unpaired) electrons. The number of aryl methyl sites for hydroxylation is 1. The van der Waals surface area contributed by atoms with Crippen molar-refractivity contribution < 1.29 is 17.6 Å². The number of fused-ring (bicyclic) bond motifs is 1. The third-order valence-corrected chi connectivity index (χ3v) is 5.81. The number of hydrogen-bond acceptors (Lipinski definition) is 4. The standard InChI is InChI=1S/C15H17NO4S/c1-10-14(12-5-3-4-6-13(12)20-10)15(17)16(2)11-7-8-21(18,19)9-11/h3-6,11H,7-9H2,1-2H3. The average Bonchev–Trinajstić information content (AvgIpc) is 2.96. The Balaban J connectivity index is 1.95. The van der Waals surface area contributed by atoms with Gasteiger partial charge in [-0.1, -0.05) is 18.2 Å². The van der Waals surface area contributed by atoms with Crippen molar-refractivity contribution in [2.45, 2.75) is 19.4 Å². The normalized spacial score (nSPS) is 20.8. The van der Waals surface area contributed by atoms with Gasteiger partial charge in [-0.3, -0.25) is 4.79 Å². The van der Waals surface area contributed by atoms with Crippen LogP contribution >= 0.6 is 0 Å². The lowest BCUT2D eigenvalue weighted by Gasteiger charge is -2.23. The molecule has 21 heavy (non-hydrogen) atoms. The van der Waals surface area contributed by atoms with E-state index in [2.05, 4.69) is 0 Å². The number of para-hydroxylation sites is 1. The van der Waals surface area contributed by atoms with Crippen LogP contribution in [0, 0.1) is 6.92 Å². The van der Waals surface area contributed by atoms with Gasteiger partial charge in [0.05, 0.1) is 17.1 Å². The van der Waals surface area contributed by atoms with Crippen molar-refractivity contribution in [1.29, 1.82) is 0 Å². The fraction of sp³-hybridized carbons (Fsp3) is 0.400. The van der Waals surface area contributed by atoms with Crippen LogP contribution in [0.25, 0.3) is 11.0 Å². The number of benzene rings is 1. The molecular weight excluding hydrogens is 290 g/mol. The lowest BCUT2D eigenvalue weighted by molar-refractivity contribution is 0.0747. The molecule has 0 aliphatic carbocycles. The number of furan rings is 1. The maximum atomic E-state index is 12.7. The van der Waals surface area contributed by atoms with Gasteiger partial charge in [0, 0.05) is 18.5 Å². The van der Waals surface area contributed by atoms with E-state index < -0.39 is 9.84 Å². The lowest BCUT2D eigenvalue weighted by Crippen LogP contribution is -2.38. The summed E-state index contributed by atoms with van der Waals surface area (Å²) in [5.74, 6) is 0.582. The molecule has 1 aromatic heterocycles. The first-order valence-corrected chi connectivity index (χ1v) is 8.67. The van der Waals surface area contributed by atoms with E-state index in [1.54, 1.807) is 14.0 Å². The topological polar surface area (TPSA) is 67.6 Å². The number of hydrogen-bond donors (Lipinski definition) is 0. The Bertz CT molecular complexity index is 806. The summed E-state index contributed by atoms with van der Waals surface area (Å²) in [6, 6.07) is 7.12. The van der Waals surface area contributed by atoms with Gasteiger partial charge in [0.15, 0.2) is 9.84 Å². The van der Waals surface area contributed by atoms with Crippen LogP contribution in [0.3, 0.4) is 0 Å². The van der Waals surface area contributed by atoms with Crippen molar-refractivity contribution in [1.82, 2.24) is 4.90 Å². The molecule has 0 saturated carbocycles. The number of amides is 1. The number of sulfone groups is 1. The first-order chi connectivity index (χ1) is 9.89. The van der Waals surface area contributed by atoms with Crippen molar-refractivity contribution >= 4 is 26.7 Å². The zero-order valence-corrected chi connectivity index (χ0v) is 12.8. The second kappa shape index (κ2) is 4.87. The molecule has 1 unspecified atom stereocenters. The van der Waals surface area contributed by atoms with E-state index in [0.717, 1.165) is 5.39 Å². The highest BCUT2D eigenvalue weighted by Gasteiger charge is 2.34. The van der Waals surface area contributed by atoms with Crippen LogP contribution < -0.4 is 0 Å². The van der Waals surface area contributed by atoms with Crippen molar-refractivity contribution in [2.75, 3.05) is 18.6 Å².